The lowest BCUT2D eigenvalue weighted by molar-refractivity contribution is -0.384. The second kappa shape index (κ2) is 7.85. The molecule has 2 atom stereocenters. The minimum Gasteiger partial charge on any atom is -0.425 e. The fourth-order valence-corrected chi connectivity index (χ4v) is 1.31. The highest BCUT2D eigenvalue weighted by Gasteiger charge is 2.21. The molecule has 2 N–H and O–H groups in total. The van der Waals surface area contributed by atoms with E-state index in [1.54, 1.807) is 0 Å². The second-order valence-corrected chi connectivity index (χ2v) is 4.08. The van der Waals surface area contributed by atoms with E-state index in [2.05, 4.69) is 0 Å². The maximum absolute atomic E-state index is 11.7. The maximum Gasteiger partial charge on any atom is 0.328 e. The number of carbonyl (C=O) groups excluding carboxylic acids is 1. The molecule has 0 saturated heterocycles. The van der Waals surface area contributed by atoms with Crippen LogP contribution < -0.4 is 10.5 Å². The molecule has 0 aliphatic heterocycles. The second-order valence-electron chi connectivity index (χ2n) is 4.08. The molecule has 0 aliphatic rings. The highest BCUT2D eigenvalue weighted by atomic mass is 79.9. The van der Waals surface area contributed by atoms with E-state index in [4.69, 9.17) is 10.5 Å². The number of hydrogen-bond acceptors (Lipinski definition) is 5. The van der Waals surface area contributed by atoms with Gasteiger partial charge in [0.2, 0.25) is 0 Å². The van der Waals surface area contributed by atoms with Crippen molar-refractivity contribution in [2.24, 2.45) is 11.7 Å². The third-order valence-corrected chi connectivity index (χ3v) is 2.80. The predicted octanol–water partition coefficient (Wildman–Crippen LogP) is 2.45. The average Bonchev–Trinajstić information content (AvgIpc) is 2.37. The molecule has 0 aliphatic carbocycles. The van der Waals surface area contributed by atoms with Crippen LogP contribution in [-0.2, 0) is 4.79 Å². The monoisotopic (exact) mass is 332 g/mol. The zero-order valence-electron chi connectivity index (χ0n) is 10.7. The van der Waals surface area contributed by atoms with Crippen molar-refractivity contribution in [1.29, 1.82) is 0 Å². The van der Waals surface area contributed by atoms with Crippen molar-refractivity contribution in [3.05, 3.63) is 34.4 Å². The van der Waals surface area contributed by atoms with Crippen LogP contribution in [0.3, 0.4) is 0 Å². The number of nitrogens with zero attached hydrogens (tertiary/aromatic N) is 1. The van der Waals surface area contributed by atoms with Gasteiger partial charge in [-0.1, -0.05) is 20.3 Å². The first-order valence-electron chi connectivity index (χ1n) is 5.67. The lowest BCUT2D eigenvalue weighted by atomic mass is 10.0. The Labute approximate surface area is 121 Å². The van der Waals surface area contributed by atoms with Gasteiger partial charge in [-0.15, -0.1) is 17.0 Å². The van der Waals surface area contributed by atoms with Gasteiger partial charge >= 0.3 is 5.97 Å². The lowest BCUT2D eigenvalue weighted by Gasteiger charge is -2.16. The number of halogens is 1. The Hall–Kier alpha value is -1.47. The molecule has 0 radical (unpaired) electrons. The number of non-ortho nitro benzene ring substituents is 1. The van der Waals surface area contributed by atoms with Gasteiger partial charge in [0, 0.05) is 12.1 Å². The highest BCUT2D eigenvalue weighted by Crippen LogP contribution is 2.18. The molecule has 106 valence electrons. The molecule has 0 saturated carbocycles. The number of esters is 1. The summed E-state index contributed by atoms with van der Waals surface area (Å²) < 4.78 is 5.05. The molecule has 7 heteroatoms. The SMILES string of the molecule is Br.CC[C@H](C)[C@H](N)C(=O)Oc1ccc([N+](=O)[O-])cc1. The summed E-state index contributed by atoms with van der Waals surface area (Å²) in [6.45, 7) is 3.80. The minimum absolute atomic E-state index is 0. The van der Waals surface area contributed by atoms with E-state index in [9.17, 15) is 14.9 Å². The molecule has 1 rings (SSSR count). The summed E-state index contributed by atoms with van der Waals surface area (Å²) in [5, 5.41) is 10.4. The topological polar surface area (TPSA) is 95.5 Å². The number of carbonyl (C=O) groups is 1. The molecule has 1 aromatic carbocycles. The van der Waals surface area contributed by atoms with Crippen molar-refractivity contribution >= 4 is 28.6 Å². The molecule has 0 aromatic heterocycles. The number of benzene rings is 1. The van der Waals surface area contributed by atoms with Crippen molar-refractivity contribution in [1.82, 2.24) is 0 Å². The van der Waals surface area contributed by atoms with Gasteiger partial charge in [-0.25, -0.2) is 4.79 Å². The van der Waals surface area contributed by atoms with Gasteiger partial charge in [0.05, 0.1) is 4.92 Å². The molecule has 0 spiro atoms. The Bertz CT molecular complexity index is 436. The summed E-state index contributed by atoms with van der Waals surface area (Å²) in [5.41, 5.74) is 5.66. The fraction of sp³-hybridized carbons (Fsp3) is 0.417. The Morgan fingerprint density at radius 1 is 1.42 bits per heavy atom. The predicted molar refractivity (Wildman–Crippen MR) is 76.5 cm³/mol. The fourth-order valence-electron chi connectivity index (χ4n) is 1.31. The first-order valence-corrected chi connectivity index (χ1v) is 5.67. The summed E-state index contributed by atoms with van der Waals surface area (Å²) in [7, 11) is 0. The van der Waals surface area contributed by atoms with E-state index in [0.29, 0.717) is 0 Å². The molecule has 0 heterocycles. The largest absolute Gasteiger partial charge is 0.425 e. The number of ether oxygens (including phenoxy) is 1. The molecule has 19 heavy (non-hydrogen) atoms. The molecular weight excluding hydrogens is 316 g/mol. The van der Waals surface area contributed by atoms with Gasteiger partial charge in [0.1, 0.15) is 11.8 Å². The van der Waals surface area contributed by atoms with E-state index < -0.39 is 16.9 Å². The number of nitro benzene ring substituents is 1. The van der Waals surface area contributed by atoms with E-state index in [-0.39, 0.29) is 34.3 Å². The van der Waals surface area contributed by atoms with Crippen molar-refractivity contribution in [3.63, 3.8) is 0 Å². The summed E-state index contributed by atoms with van der Waals surface area (Å²) in [5.74, 6) is -0.252. The summed E-state index contributed by atoms with van der Waals surface area (Å²) in [6, 6.07) is 4.61. The van der Waals surface area contributed by atoms with Crippen LogP contribution >= 0.6 is 17.0 Å². The first-order chi connectivity index (χ1) is 8.45. The van der Waals surface area contributed by atoms with Crippen LogP contribution in [0.1, 0.15) is 20.3 Å². The van der Waals surface area contributed by atoms with Gasteiger partial charge in [-0.3, -0.25) is 10.1 Å². The molecule has 0 amide bonds. The number of nitro groups is 1. The van der Waals surface area contributed by atoms with E-state index >= 15 is 0 Å². The lowest BCUT2D eigenvalue weighted by Crippen LogP contribution is -2.39. The average molecular weight is 333 g/mol. The van der Waals surface area contributed by atoms with Gasteiger partial charge in [-0.2, -0.15) is 0 Å². The summed E-state index contributed by atoms with van der Waals surface area (Å²) in [6.07, 6.45) is 0.774. The van der Waals surface area contributed by atoms with Crippen LogP contribution in [0, 0.1) is 16.0 Å². The van der Waals surface area contributed by atoms with Crippen molar-refractivity contribution in [3.8, 4) is 5.75 Å². The van der Waals surface area contributed by atoms with Crippen LogP contribution in [0.25, 0.3) is 0 Å². The number of nitrogens with two attached hydrogens (primary N) is 1. The Kier molecular flexibility index (Phi) is 7.25. The molecule has 1 aromatic rings. The standard InChI is InChI=1S/C12H16N2O4.BrH/c1-3-8(2)11(13)12(15)18-10-6-4-9(5-7-10)14(16)17;/h4-8,11H,3,13H2,1-2H3;1H/t8-,11-;/m0./s1. The van der Waals surface area contributed by atoms with Crippen LogP contribution in [0.4, 0.5) is 5.69 Å². The normalized spacial score (nSPS) is 13.0. The maximum atomic E-state index is 11.7. The van der Waals surface area contributed by atoms with E-state index in [0.717, 1.165) is 6.42 Å². The molecule has 0 unspecified atom stereocenters. The van der Waals surface area contributed by atoms with Gasteiger partial charge in [-0.05, 0) is 18.1 Å². The van der Waals surface area contributed by atoms with Crippen molar-refractivity contribution < 1.29 is 14.5 Å². The Morgan fingerprint density at radius 3 is 2.37 bits per heavy atom. The summed E-state index contributed by atoms with van der Waals surface area (Å²) in [4.78, 5) is 21.6. The molecule has 0 fully saturated rings. The minimum atomic E-state index is -0.690. The molecule has 6 nitrogen and oxygen atoms in total. The number of hydrogen-bond donors (Lipinski definition) is 1. The van der Waals surface area contributed by atoms with E-state index in [1.807, 2.05) is 13.8 Å². The van der Waals surface area contributed by atoms with Crippen molar-refractivity contribution in [2.45, 2.75) is 26.3 Å². The molecule has 0 bridgehead atoms. The highest BCUT2D eigenvalue weighted by molar-refractivity contribution is 8.93. The third-order valence-electron chi connectivity index (χ3n) is 2.80. The van der Waals surface area contributed by atoms with E-state index in [1.165, 1.54) is 24.3 Å². The zero-order valence-corrected chi connectivity index (χ0v) is 12.5. The zero-order chi connectivity index (χ0) is 13.7. The third kappa shape index (κ3) is 4.96. The number of rotatable bonds is 5. The molecular formula is C12H17BrN2O4. The quantitative estimate of drug-likeness (QED) is 0.386. The van der Waals surface area contributed by atoms with Crippen LogP contribution in [0.15, 0.2) is 24.3 Å². The van der Waals surface area contributed by atoms with Gasteiger partial charge in [0.25, 0.3) is 5.69 Å². The van der Waals surface area contributed by atoms with Crippen molar-refractivity contribution in [2.75, 3.05) is 0 Å². The summed E-state index contributed by atoms with van der Waals surface area (Å²) >= 11 is 0. The van der Waals surface area contributed by atoms with Crippen LogP contribution in [0.2, 0.25) is 0 Å². The smallest absolute Gasteiger partial charge is 0.328 e. The van der Waals surface area contributed by atoms with Gasteiger partial charge < -0.3 is 10.5 Å². The van der Waals surface area contributed by atoms with Gasteiger partial charge in [0.15, 0.2) is 0 Å². The first kappa shape index (κ1) is 17.5. The Balaban J connectivity index is 0.00000324. The van der Waals surface area contributed by atoms with Crippen LogP contribution in [-0.4, -0.2) is 16.9 Å². The Morgan fingerprint density at radius 2 is 1.95 bits per heavy atom. The van der Waals surface area contributed by atoms with Crippen LogP contribution in [0.5, 0.6) is 5.75 Å².